The molecule has 8 nitrogen and oxygen atoms in total. The number of ether oxygens (including phenoxy) is 3. The first-order valence-electron chi connectivity index (χ1n) is 16.2. The van der Waals surface area contributed by atoms with E-state index in [2.05, 4.69) is 36.9 Å². The summed E-state index contributed by atoms with van der Waals surface area (Å²) >= 11 is 0. The molecule has 8 heteroatoms. The average Bonchev–Trinajstić information content (AvgIpc) is 3.07. The summed E-state index contributed by atoms with van der Waals surface area (Å²) in [5.41, 5.74) is 5.24. The van der Waals surface area contributed by atoms with Gasteiger partial charge in [0.25, 0.3) is 11.8 Å². The van der Waals surface area contributed by atoms with Crippen LogP contribution in [-0.2, 0) is 17.6 Å². The Labute approximate surface area is 267 Å². The minimum absolute atomic E-state index is 0.00784. The fourth-order valence-electron chi connectivity index (χ4n) is 6.56. The van der Waals surface area contributed by atoms with Crippen LogP contribution in [0, 0.1) is 5.92 Å². The zero-order valence-electron chi connectivity index (χ0n) is 27.4. The molecule has 1 aliphatic carbocycles. The van der Waals surface area contributed by atoms with Crippen LogP contribution in [0.25, 0.3) is 0 Å². The van der Waals surface area contributed by atoms with Crippen molar-refractivity contribution >= 4 is 17.5 Å². The largest absolute Gasteiger partial charge is 0.497 e. The van der Waals surface area contributed by atoms with Crippen molar-refractivity contribution in [2.75, 3.05) is 65.0 Å². The first kappa shape index (κ1) is 32.4. The second-order valence-electron chi connectivity index (χ2n) is 12.4. The molecule has 2 aliphatic rings. The second-order valence-corrected chi connectivity index (χ2v) is 12.4. The smallest absolute Gasteiger partial charge is 0.260 e. The van der Waals surface area contributed by atoms with Crippen LogP contribution in [0.2, 0.25) is 0 Å². The Morgan fingerprint density at radius 2 is 1.53 bits per heavy atom. The first-order valence-corrected chi connectivity index (χ1v) is 16.2. The van der Waals surface area contributed by atoms with Gasteiger partial charge in [0.15, 0.2) is 6.61 Å². The van der Waals surface area contributed by atoms with E-state index in [4.69, 9.17) is 14.2 Å². The van der Waals surface area contributed by atoms with Crippen molar-refractivity contribution in [3.63, 3.8) is 0 Å². The van der Waals surface area contributed by atoms with Crippen LogP contribution in [0.1, 0.15) is 60.2 Å². The van der Waals surface area contributed by atoms with Crippen molar-refractivity contribution in [2.45, 2.75) is 46.0 Å². The number of fused-ring (bicyclic) bond motifs is 1. The molecule has 1 saturated heterocycles. The van der Waals surface area contributed by atoms with Crippen molar-refractivity contribution in [3.05, 3.63) is 82.9 Å². The predicted molar refractivity (Wildman–Crippen MR) is 178 cm³/mol. The molecule has 1 aliphatic heterocycles. The van der Waals surface area contributed by atoms with Crippen LogP contribution in [0.3, 0.4) is 0 Å². The van der Waals surface area contributed by atoms with Gasteiger partial charge in [0.2, 0.25) is 0 Å². The standard InChI is InChI=1S/C37H47N3O5/c1-6-40(35-23-33(44-5)15-16-34(35)30-8-7-29-22-32(43-4)14-11-28(29)21-30)37(42)27-9-12-31(13-10-27)45-25-36(41)39-19-17-38(18-20-39)24-26(2)3/h9-16,22-23,26,30H,6-8,17-21,24-25H2,1-5H3. The number of rotatable bonds is 11. The van der Waals surface area contributed by atoms with Crippen molar-refractivity contribution in [1.82, 2.24) is 9.80 Å². The molecule has 1 unspecified atom stereocenters. The topological polar surface area (TPSA) is 71.6 Å². The van der Waals surface area contributed by atoms with E-state index in [1.807, 2.05) is 34.9 Å². The van der Waals surface area contributed by atoms with Gasteiger partial charge in [-0.2, -0.15) is 0 Å². The van der Waals surface area contributed by atoms with Crippen molar-refractivity contribution in [1.29, 1.82) is 0 Å². The Morgan fingerprint density at radius 1 is 0.867 bits per heavy atom. The Balaban J connectivity index is 1.25. The second kappa shape index (κ2) is 14.8. The summed E-state index contributed by atoms with van der Waals surface area (Å²) in [7, 11) is 3.35. The highest BCUT2D eigenvalue weighted by Gasteiger charge is 2.27. The van der Waals surface area contributed by atoms with Gasteiger partial charge in [-0.05, 0) is 97.2 Å². The number of nitrogens with zero attached hydrogens (tertiary/aromatic N) is 3. The van der Waals surface area contributed by atoms with Gasteiger partial charge >= 0.3 is 0 Å². The molecule has 45 heavy (non-hydrogen) atoms. The van der Waals surface area contributed by atoms with E-state index in [9.17, 15) is 9.59 Å². The molecule has 0 spiro atoms. The monoisotopic (exact) mass is 613 g/mol. The van der Waals surface area contributed by atoms with Crippen LogP contribution < -0.4 is 19.1 Å². The fourth-order valence-corrected chi connectivity index (χ4v) is 6.56. The third-order valence-corrected chi connectivity index (χ3v) is 8.98. The molecule has 0 radical (unpaired) electrons. The lowest BCUT2D eigenvalue weighted by molar-refractivity contribution is -0.135. The number of anilines is 1. The molecule has 1 heterocycles. The van der Waals surface area contributed by atoms with Gasteiger partial charge in [-0.3, -0.25) is 14.5 Å². The number of amides is 2. The summed E-state index contributed by atoms with van der Waals surface area (Å²) in [5, 5.41) is 0. The highest BCUT2D eigenvalue weighted by atomic mass is 16.5. The summed E-state index contributed by atoms with van der Waals surface area (Å²) in [4.78, 5) is 32.8. The number of hydrogen-bond acceptors (Lipinski definition) is 6. The number of methoxy groups -OCH3 is 2. The minimum atomic E-state index is -0.0881. The van der Waals surface area contributed by atoms with E-state index in [0.29, 0.717) is 23.8 Å². The Bertz CT molecular complexity index is 1460. The highest BCUT2D eigenvalue weighted by molar-refractivity contribution is 6.06. The Hall–Kier alpha value is -4.04. The van der Waals surface area contributed by atoms with Crippen LogP contribution >= 0.6 is 0 Å². The molecule has 0 aromatic heterocycles. The summed E-state index contributed by atoms with van der Waals surface area (Å²) in [6.45, 7) is 11.2. The van der Waals surface area contributed by atoms with Crippen molar-refractivity contribution < 1.29 is 23.8 Å². The molecule has 0 N–H and O–H groups in total. The number of piperazine rings is 1. The van der Waals surface area contributed by atoms with Gasteiger partial charge in [-0.25, -0.2) is 0 Å². The maximum absolute atomic E-state index is 13.9. The van der Waals surface area contributed by atoms with Crippen LogP contribution in [0.15, 0.2) is 60.7 Å². The van der Waals surface area contributed by atoms with Gasteiger partial charge in [-0.1, -0.05) is 26.0 Å². The number of carbonyl (C=O) groups is 2. The fraction of sp³-hybridized carbons (Fsp3) is 0.459. The van der Waals surface area contributed by atoms with Crippen molar-refractivity contribution in [3.8, 4) is 17.2 Å². The van der Waals surface area contributed by atoms with E-state index in [1.165, 1.54) is 11.1 Å². The molecular formula is C37H47N3O5. The maximum Gasteiger partial charge on any atom is 0.260 e. The Kier molecular flexibility index (Phi) is 10.7. The molecule has 3 aromatic rings. The SMILES string of the molecule is CCN(C(=O)c1ccc(OCC(=O)N2CCN(CC(C)C)CC2)cc1)c1cc(OC)ccc1C1CCc2cc(OC)ccc2C1. The van der Waals surface area contributed by atoms with E-state index in [-0.39, 0.29) is 24.3 Å². The van der Waals surface area contributed by atoms with Gasteiger partial charge < -0.3 is 24.0 Å². The maximum atomic E-state index is 13.9. The zero-order chi connectivity index (χ0) is 31.9. The summed E-state index contributed by atoms with van der Waals surface area (Å²) in [6, 6.07) is 19.5. The summed E-state index contributed by atoms with van der Waals surface area (Å²) in [5.74, 6) is 2.98. The molecule has 1 fully saturated rings. The highest BCUT2D eigenvalue weighted by Crippen LogP contribution is 2.40. The molecule has 5 rings (SSSR count). The quantitative estimate of drug-likeness (QED) is 0.271. The average molecular weight is 614 g/mol. The zero-order valence-corrected chi connectivity index (χ0v) is 27.4. The summed E-state index contributed by atoms with van der Waals surface area (Å²) < 4.78 is 16.9. The normalized spacial score (nSPS) is 16.7. The molecule has 2 amide bonds. The third-order valence-electron chi connectivity index (χ3n) is 8.98. The Morgan fingerprint density at radius 3 is 2.20 bits per heavy atom. The van der Waals surface area contributed by atoms with Gasteiger partial charge in [-0.15, -0.1) is 0 Å². The van der Waals surface area contributed by atoms with Crippen LogP contribution in [0.5, 0.6) is 17.2 Å². The van der Waals surface area contributed by atoms with E-state index < -0.39 is 0 Å². The lowest BCUT2D eigenvalue weighted by Gasteiger charge is -2.35. The summed E-state index contributed by atoms with van der Waals surface area (Å²) in [6.07, 6.45) is 2.85. The number of aryl methyl sites for hydroxylation is 1. The minimum Gasteiger partial charge on any atom is -0.497 e. The molecule has 0 bridgehead atoms. The van der Waals surface area contributed by atoms with Crippen LogP contribution in [0.4, 0.5) is 5.69 Å². The lowest BCUT2D eigenvalue weighted by atomic mass is 9.79. The van der Waals surface area contributed by atoms with Crippen LogP contribution in [-0.4, -0.2) is 81.7 Å². The molecule has 1 atom stereocenters. The predicted octanol–water partition coefficient (Wildman–Crippen LogP) is 5.82. The van der Waals surface area contributed by atoms with E-state index >= 15 is 0 Å². The van der Waals surface area contributed by atoms with Gasteiger partial charge in [0.05, 0.1) is 19.9 Å². The lowest BCUT2D eigenvalue weighted by Crippen LogP contribution is -2.50. The van der Waals surface area contributed by atoms with Crippen molar-refractivity contribution in [2.24, 2.45) is 5.92 Å². The van der Waals surface area contributed by atoms with Gasteiger partial charge in [0, 0.05) is 50.9 Å². The molecular weight excluding hydrogens is 566 g/mol. The molecule has 3 aromatic carbocycles. The first-order chi connectivity index (χ1) is 21.8. The number of hydrogen-bond donors (Lipinski definition) is 0. The number of benzene rings is 3. The number of carbonyl (C=O) groups excluding carboxylic acids is 2. The molecule has 0 saturated carbocycles. The van der Waals surface area contributed by atoms with E-state index in [0.717, 1.165) is 74.7 Å². The third kappa shape index (κ3) is 7.79. The molecule has 240 valence electrons. The van der Waals surface area contributed by atoms with Gasteiger partial charge in [0.1, 0.15) is 17.2 Å². The van der Waals surface area contributed by atoms with E-state index in [1.54, 1.807) is 38.5 Å².